The molecule has 0 saturated carbocycles. The van der Waals surface area contributed by atoms with Crippen LogP contribution in [0.25, 0.3) is 11.2 Å². The van der Waals surface area contributed by atoms with E-state index < -0.39 is 36.7 Å². The van der Waals surface area contributed by atoms with Crippen LogP contribution in [0.1, 0.15) is 0 Å². The first-order valence-corrected chi connectivity index (χ1v) is 6.31. The highest BCUT2D eigenvalue weighted by molar-refractivity contribution is 5.76. The fraction of sp³-hybridized carbons (Fsp3) is 0.455. The lowest BCUT2D eigenvalue weighted by atomic mass is 10.1. The number of aliphatic carboxylic acids is 1. The number of aliphatic hydroxyl groups excluding tert-OH is 3. The molecule has 0 radical (unpaired) electrons. The summed E-state index contributed by atoms with van der Waals surface area (Å²) in [4.78, 5) is 24.8. The monoisotopic (exact) mass is 329 g/mol. The molecule has 12 nitrogen and oxygen atoms in total. The van der Waals surface area contributed by atoms with Crippen molar-refractivity contribution < 1.29 is 35.1 Å². The predicted octanol–water partition coefficient (Wildman–Crippen LogP) is -3.19. The van der Waals surface area contributed by atoms with Crippen LogP contribution in [-0.4, -0.2) is 82.1 Å². The van der Waals surface area contributed by atoms with E-state index in [4.69, 9.17) is 31.3 Å². The number of nitrogens with zero attached hydrogens (tertiary/aromatic N) is 3. The number of nitrogen functional groups attached to an aromatic ring is 1. The first kappa shape index (κ1) is 17.0. The standard InChI is InChI=1S/C6H10O7.C5H5N5/c7-1-2-3(8)4(9)6(12,13-2)5(10)11;6-5-7-1-3-4(10-5)9-2-8-3/h2-4,7-9,12H,1H2,(H,10,11);1-2H,(H3,6,7,8,9,10)/t2-,3-,4-,6?;/m1./s1. The Bertz CT molecular complexity index is 694. The first-order valence-electron chi connectivity index (χ1n) is 6.31. The van der Waals surface area contributed by atoms with Gasteiger partial charge in [-0.2, -0.15) is 4.98 Å². The highest BCUT2D eigenvalue weighted by Crippen LogP contribution is 2.29. The Labute approximate surface area is 128 Å². The largest absolute Gasteiger partial charge is 0.477 e. The number of aromatic nitrogens is 4. The number of imidazole rings is 1. The Kier molecular flexibility index (Phi) is 4.72. The lowest BCUT2D eigenvalue weighted by Crippen LogP contribution is -2.49. The summed E-state index contributed by atoms with van der Waals surface area (Å²) in [6, 6.07) is 0. The van der Waals surface area contributed by atoms with Crippen LogP contribution in [-0.2, 0) is 9.53 Å². The molecule has 1 fully saturated rings. The maximum absolute atomic E-state index is 10.4. The van der Waals surface area contributed by atoms with Crippen LogP contribution in [0.2, 0.25) is 0 Å². The van der Waals surface area contributed by atoms with Gasteiger partial charge in [0, 0.05) is 0 Å². The highest BCUT2D eigenvalue weighted by Gasteiger charge is 2.58. The van der Waals surface area contributed by atoms with Crippen LogP contribution in [0.15, 0.2) is 12.5 Å². The van der Waals surface area contributed by atoms with Crippen LogP contribution in [0.3, 0.4) is 0 Å². The summed E-state index contributed by atoms with van der Waals surface area (Å²) in [6.45, 7) is -0.687. The summed E-state index contributed by atoms with van der Waals surface area (Å²) < 4.78 is 4.39. The van der Waals surface area contributed by atoms with Crippen molar-refractivity contribution in [1.82, 2.24) is 19.9 Å². The van der Waals surface area contributed by atoms with Crippen LogP contribution in [0.4, 0.5) is 5.95 Å². The molecule has 1 aliphatic heterocycles. The lowest BCUT2D eigenvalue weighted by Gasteiger charge is -2.19. The topological polar surface area (TPSA) is 208 Å². The van der Waals surface area contributed by atoms with Gasteiger partial charge in [0.1, 0.15) is 23.8 Å². The van der Waals surface area contributed by atoms with E-state index in [0.717, 1.165) is 5.52 Å². The van der Waals surface area contributed by atoms with E-state index in [1.165, 1.54) is 0 Å². The molecule has 0 spiro atoms. The lowest BCUT2D eigenvalue weighted by molar-refractivity contribution is -0.239. The number of carboxylic acids is 1. The molecular weight excluding hydrogens is 314 g/mol. The third-order valence-electron chi connectivity index (χ3n) is 3.12. The van der Waals surface area contributed by atoms with Crippen LogP contribution >= 0.6 is 0 Å². The Hall–Kier alpha value is -2.38. The minimum absolute atomic E-state index is 0.250. The van der Waals surface area contributed by atoms with Crippen molar-refractivity contribution in [2.24, 2.45) is 0 Å². The number of nitrogens with one attached hydrogen (secondary N) is 1. The number of fused-ring (bicyclic) bond motifs is 1. The van der Waals surface area contributed by atoms with Gasteiger partial charge in [-0.15, -0.1) is 0 Å². The number of aliphatic hydroxyl groups is 4. The maximum atomic E-state index is 10.4. The Morgan fingerprint density at radius 3 is 2.65 bits per heavy atom. The molecular formula is C11H15N5O7. The summed E-state index contributed by atoms with van der Waals surface area (Å²) in [5.74, 6) is -4.40. The number of anilines is 1. The number of H-pyrrole nitrogens is 1. The molecule has 12 heteroatoms. The zero-order chi connectivity index (χ0) is 17.2. The van der Waals surface area contributed by atoms with E-state index in [1.54, 1.807) is 12.5 Å². The van der Waals surface area contributed by atoms with Gasteiger partial charge in [0.25, 0.3) is 5.79 Å². The highest BCUT2D eigenvalue weighted by atomic mass is 16.7. The molecule has 0 bridgehead atoms. The average molecular weight is 329 g/mol. The van der Waals surface area contributed by atoms with Crippen molar-refractivity contribution in [3.05, 3.63) is 12.5 Å². The zero-order valence-corrected chi connectivity index (χ0v) is 11.6. The first-order chi connectivity index (χ1) is 10.8. The number of nitrogens with two attached hydrogens (primary N) is 1. The summed E-state index contributed by atoms with van der Waals surface area (Å²) >= 11 is 0. The predicted molar refractivity (Wildman–Crippen MR) is 72.7 cm³/mol. The molecule has 8 N–H and O–H groups in total. The second kappa shape index (κ2) is 6.39. The normalized spacial score (nSPS) is 30.0. The van der Waals surface area contributed by atoms with E-state index in [-0.39, 0.29) is 5.95 Å². The molecule has 0 aliphatic carbocycles. The Morgan fingerprint density at radius 2 is 2.13 bits per heavy atom. The Morgan fingerprint density at radius 1 is 1.43 bits per heavy atom. The van der Waals surface area contributed by atoms with Crippen LogP contribution in [0.5, 0.6) is 0 Å². The van der Waals surface area contributed by atoms with Crippen molar-refractivity contribution in [2.45, 2.75) is 24.1 Å². The minimum Gasteiger partial charge on any atom is -0.477 e. The zero-order valence-electron chi connectivity index (χ0n) is 11.6. The molecule has 1 aliphatic rings. The summed E-state index contributed by atoms with van der Waals surface area (Å²) in [7, 11) is 0. The number of carboxylic acid groups (broad SMARTS) is 1. The number of aromatic amines is 1. The van der Waals surface area contributed by atoms with E-state index >= 15 is 0 Å². The van der Waals surface area contributed by atoms with Gasteiger partial charge >= 0.3 is 5.97 Å². The van der Waals surface area contributed by atoms with Gasteiger partial charge in [0.05, 0.1) is 19.1 Å². The van der Waals surface area contributed by atoms with Gasteiger partial charge in [0.15, 0.2) is 5.65 Å². The number of ether oxygens (including phenoxy) is 1. The second-order valence-electron chi connectivity index (χ2n) is 4.64. The quantitative estimate of drug-likeness (QED) is 0.292. The summed E-state index contributed by atoms with van der Waals surface area (Å²) in [5, 5.41) is 44.3. The number of carbonyl (C=O) groups is 1. The van der Waals surface area contributed by atoms with Gasteiger partial charge in [-0.1, -0.05) is 0 Å². The van der Waals surface area contributed by atoms with E-state index in [1.807, 2.05) is 0 Å². The van der Waals surface area contributed by atoms with Crippen LogP contribution in [0, 0.1) is 0 Å². The third-order valence-corrected chi connectivity index (χ3v) is 3.12. The van der Waals surface area contributed by atoms with E-state index in [0.29, 0.717) is 5.65 Å². The SMILES string of the molecule is Nc1ncc2[nH]cnc2n1.O=C(O)C1(O)O[C@H](CO)[C@@H](O)[C@H]1O. The number of hydrogen-bond donors (Lipinski definition) is 7. The number of hydrogen-bond acceptors (Lipinski definition) is 10. The molecule has 23 heavy (non-hydrogen) atoms. The Balaban J connectivity index is 0.000000172. The molecule has 0 amide bonds. The second-order valence-corrected chi connectivity index (χ2v) is 4.64. The van der Waals surface area contributed by atoms with Crippen molar-refractivity contribution in [1.29, 1.82) is 0 Å². The maximum Gasteiger partial charge on any atom is 0.367 e. The molecule has 2 aromatic heterocycles. The summed E-state index contributed by atoms with van der Waals surface area (Å²) in [6.07, 6.45) is -1.73. The molecule has 1 saturated heterocycles. The molecule has 3 heterocycles. The van der Waals surface area contributed by atoms with Crippen molar-refractivity contribution >= 4 is 23.1 Å². The van der Waals surface area contributed by atoms with Gasteiger partial charge in [-0.25, -0.2) is 14.8 Å². The smallest absolute Gasteiger partial charge is 0.367 e. The van der Waals surface area contributed by atoms with Gasteiger partial charge < -0.3 is 41.0 Å². The van der Waals surface area contributed by atoms with E-state index in [2.05, 4.69) is 24.7 Å². The summed E-state index contributed by atoms with van der Waals surface area (Å²) in [5.41, 5.74) is 6.71. The minimum atomic E-state index is -2.84. The fourth-order valence-corrected chi connectivity index (χ4v) is 1.88. The van der Waals surface area contributed by atoms with Gasteiger partial charge in [-0.05, 0) is 0 Å². The van der Waals surface area contributed by atoms with Gasteiger partial charge in [-0.3, -0.25) is 0 Å². The van der Waals surface area contributed by atoms with Gasteiger partial charge in [0.2, 0.25) is 5.95 Å². The average Bonchev–Trinajstić information content (AvgIpc) is 3.06. The molecule has 3 rings (SSSR count). The van der Waals surface area contributed by atoms with Crippen molar-refractivity contribution in [3.8, 4) is 0 Å². The molecule has 4 atom stereocenters. The van der Waals surface area contributed by atoms with E-state index in [9.17, 15) is 4.79 Å². The number of rotatable bonds is 2. The van der Waals surface area contributed by atoms with Crippen molar-refractivity contribution in [3.63, 3.8) is 0 Å². The molecule has 2 aromatic rings. The molecule has 126 valence electrons. The van der Waals surface area contributed by atoms with Crippen LogP contribution < -0.4 is 5.73 Å². The van der Waals surface area contributed by atoms with Crippen molar-refractivity contribution in [2.75, 3.05) is 12.3 Å². The fourth-order valence-electron chi connectivity index (χ4n) is 1.88. The third kappa shape index (κ3) is 3.20. The molecule has 0 aromatic carbocycles. The molecule has 1 unspecified atom stereocenters.